The van der Waals surface area contributed by atoms with Gasteiger partial charge in [-0.3, -0.25) is 0 Å². The predicted octanol–water partition coefficient (Wildman–Crippen LogP) is 5.73. The van der Waals surface area contributed by atoms with Crippen molar-refractivity contribution in [2.75, 3.05) is 7.11 Å². The number of hydrogen-bond donors (Lipinski definition) is 1. The van der Waals surface area contributed by atoms with Crippen molar-refractivity contribution in [1.82, 2.24) is 5.32 Å². The third-order valence-corrected chi connectivity index (χ3v) is 3.52. The fourth-order valence-corrected chi connectivity index (χ4v) is 3.31. The van der Waals surface area contributed by atoms with Gasteiger partial charge in [0.1, 0.15) is 5.75 Å². The van der Waals surface area contributed by atoms with E-state index in [9.17, 15) is 0 Å². The Morgan fingerprint density at radius 2 is 1.67 bits per heavy atom. The fraction of sp³-hybridized carbons (Fsp3) is 0.625. The summed E-state index contributed by atoms with van der Waals surface area (Å²) in [5, 5.41) is 4.74. The topological polar surface area (TPSA) is 21.3 Å². The molecule has 1 aromatic rings. The molecule has 0 saturated carbocycles. The van der Waals surface area contributed by atoms with E-state index in [2.05, 4.69) is 39.9 Å². The van der Waals surface area contributed by atoms with Crippen molar-refractivity contribution in [2.45, 2.75) is 53.1 Å². The zero-order valence-corrected chi connectivity index (χ0v) is 16.0. The molecular weight excluding hydrogens is 329 g/mol. The summed E-state index contributed by atoms with van der Waals surface area (Å²) >= 11 is 12.2. The molecule has 0 bridgehead atoms. The molecule has 0 aliphatic carbocycles. The van der Waals surface area contributed by atoms with Crippen LogP contribution in [0.25, 0.3) is 0 Å². The van der Waals surface area contributed by atoms with E-state index in [4.69, 9.17) is 27.9 Å². The van der Waals surface area contributed by atoms with Crippen molar-refractivity contribution < 1.29 is 4.74 Å². The summed E-state index contributed by atoms with van der Waals surface area (Å²) in [6.45, 7) is 11.8. The lowest BCUT2D eigenvalue weighted by Crippen LogP contribution is -2.41. The molecule has 1 aromatic carbocycles. The van der Waals surface area contributed by atoms with Crippen molar-refractivity contribution >= 4 is 35.6 Å². The van der Waals surface area contributed by atoms with Crippen molar-refractivity contribution in [3.05, 3.63) is 27.7 Å². The van der Waals surface area contributed by atoms with E-state index in [0.29, 0.717) is 22.3 Å². The van der Waals surface area contributed by atoms with Crippen LogP contribution in [0.4, 0.5) is 0 Å². The summed E-state index contributed by atoms with van der Waals surface area (Å²) in [6.07, 6.45) is 1.07. The van der Waals surface area contributed by atoms with Gasteiger partial charge < -0.3 is 10.1 Å². The highest BCUT2D eigenvalue weighted by atomic mass is 35.5. The molecule has 0 radical (unpaired) electrons. The molecule has 0 aliphatic heterocycles. The molecule has 0 unspecified atom stereocenters. The largest absolute Gasteiger partial charge is 0.495 e. The monoisotopic (exact) mass is 353 g/mol. The van der Waals surface area contributed by atoms with Crippen LogP contribution in [-0.2, 0) is 6.54 Å². The second-order valence-corrected chi connectivity index (χ2v) is 7.90. The third kappa shape index (κ3) is 7.10. The molecule has 0 aromatic heterocycles. The van der Waals surface area contributed by atoms with Gasteiger partial charge in [-0.15, -0.1) is 12.4 Å². The summed E-state index contributed by atoms with van der Waals surface area (Å²) in [5.41, 5.74) is 1.27. The Labute approximate surface area is 145 Å². The van der Waals surface area contributed by atoms with Crippen LogP contribution < -0.4 is 10.1 Å². The number of rotatable bonds is 5. The molecular formula is C16H26Cl3NO. The lowest BCUT2D eigenvalue weighted by Gasteiger charge is -2.33. The number of benzene rings is 1. The number of hydrogen-bond acceptors (Lipinski definition) is 2. The molecule has 0 spiro atoms. The maximum atomic E-state index is 6.15. The Hall–Kier alpha value is -0.150. The molecule has 0 atom stereocenters. The Kier molecular flexibility index (Phi) is 7.86. The molecule has 5 heteroatoms. The first kappa shape index (κ1) is 20.9. The normalized spacial score (nSPS) is 12.0. The number of nitrogens with one attached hydrogen (secondary N) is 1. The summed E-state index contributed by atoms with van der Waals surface area (Å²) in [5.74, 6) is 0.690. The average molecular weight is 355 g/mol. The van der Waals surface area contributed by atoms with Crippen LogP contribution in [-0.4, -0.2) is 12.6 Å². The molecule has 122 valence electrons. The fourth-order valence-electron chi connectivity index (χ4n) is 2.70. The first-order chi connectivity index (χ1) is 9.04. The van der Waals surface area contributed by atoms with Gasteiger partial charge in [-0.2, -0.15) is 0 Å². The minimum Gasteiger partial charge on any atom is -0.495 e. The first-order valence-corrected chi connectivity index (χ1v) is 7.57. The Bertz CT molecular complexity index is 467. The highest BCUT2D eigenvalue weighted by Gasteiger charge is 2.25. The van der Waals surface area contributed by atoms with Crippen LogP contribution >= 0.6 is 35.6 Å². The van der Waals surface area contributed by atoms with E-state index < -0.39 is 0 Å². The number of ether oxygens (including phenoxy) is 1. The Morgan fingerprint density at radius 1 is 1.10 bits per heavy atom. The molecule has 1 N–H and O–H groups in total. The lowest BCUT2D eigenvalue weighted by molar-refractivity contribution is 0.240. The second kappa shape index (κ2) is 7.92. The van der Waals surface area contributed by atoms with E-state index in [1.54, 1.807) is 13.2 Å². The molecule has 0 heterocycles. The minimum absolute atomic E-state index is 0. The van der Waals surface area contributed by atoms with Crippen molar-refractivity contribution in [1.29, 1.82) is 0 Å². The molecule has 0 fully saturated rings. The molecule has 0 aliphatic rings. The van der Waals surface area contributed by atoms with E-state index in [0.717, 1.165) is 12.0 Å². The molecule has 0 amide bonds. The summed E-state index contributed by atoms with van der Waals surface area (Å²) < 4.78 is 5.37. The van der Waals surface area contributed by atoms with Gasteiger partial charge in [0, 0.05) is 22.7 Å². The van der Waals surface area contributed by atoms with E-state index >= 15 is 0 Å². The van der Waals surface area contributed by atoms with Crippen molar-refractivity contribution in [3.63, 3.8) is 0 Å². The van der Waals surface area contributed by atoms with Gasteiger partial charge in [-0.1, -0.05) is 44.0 Å². The van der Waals surface area contributed by atoms with Gasteiger partial charge in [0.2, 0.25) is 0 Å². The number of halogens is 3. The summed E-state index contributed by atoms with van der Waals surface area (Å²) in [7, 11) is 1.62. The van der Waals surface area contributed by atoms with Crippen molar-refractivity contribution in [3.8, 4) is 5.75 Å². The van der Waals surface area contributed by atoms with E-state index in [1.165, 1.54) is 0 Å². The smallest absolute Gasteiger partial charge is 0.142 e. The van der Waals surface area contributed by atoms with Gasteiger partial charge in [0.05, 0.1) is 12.1 Å². The van der Waals surface area contributed by atoms with E-state index in [1.807, 2.05) is 6.07 Å². The van der Waals surface area contributed by atoms with Gasteiger partial charge >= 0.3 is 0 Å². The Balaban J connectivity index is 0.00000400. The summed E-state index contributed by atoms with van der Waals surface area (Å²) in [4.78, 5) is 0. The maximum absolute atomic E-state index is 6.15. The quantitative estimate of drug-likeness (QED) is 0.729. The van der Waals surface area contributed by atoms with Gasteiger partial charge in [-0.05, 0) is 37.8 Å². The molecule has 21 heavy (non-hydrogen) atoms. The maximum Gasteiger partial charge on any atom is 0.142 e. The third-order valence-electron chi connectivity index (χ3n) is 3.02. The lowest BCUT2D eigenvalue weighted by atomic mass is 9.82. The van der Waals surface area contributed by atoms with Crippen LogP contribution in [0.15, 0.2) is 12.1 Å². The molecule has 1 rings (SSSR count). The molecule has 0 saturated heterocycles. The Morgan fingerprint density at radius 3 is 2.14 bits per heavy atom. The van der Waals surface area contributed by atoms with Crippen LogP contribution in [0.5, 0.6) is 5.75 Å². The predicted molar refractivity (Wildman–Crippen MR) is 95.3 cm³/mol. The minimum atomic E-state index is 0. The SMILES string of the molecule is COc1c(Cl)cc(Cl)cc1CNC(C)(C)CC(C)(C)C.Cl. The van der Waals surface area contributed by atoms with Crippen LogP contribution in [0.3, 0.4) is 0 Å². The first-order valence-electron chi connectivity index (χ1n) is 6.81. The summed E-state index contributed by atoms with van der Waals surface area (Å²) in [6, 6.07) is 3.60. The van der Waals surface area contributed by atoms with Crippen LogP contribution in [0.1, 0.15) is 46.6 Å². The number of methoxy groups -OCH3 is 1. The van der Waals surface area contributed by atoms with Gasteiger partial charge in [-0.25, -0.2) is 0 Å². The van der Waals surface area contributed by atoms with Crippen LogP contribution in [0.2, 0.25) is 10.0 Å². The highest BCUT2D eigenvalue weighted by Crippen LogP contribution is 2.33. The zero-order valence-electron chi connectivity index (χ0n) is 13.6. The van der Waals surface area contributed by atoms with E-state index in [-0.39, 0.29) is 23.4 Å². The van der Waals surface area contributed by atoms with Crippen molar-refractivity contribution in [2.24, 2.45) is 5.41 Å². The average Bonchev–Trinajstić information content (AvgIpc) is 2.22. The zero-order chi connectivity index (χ0) is 15.6. The van der Waals surface area contributed by atoms with Gasteiger partial charge in [0.15, 0.2) is 0 Å². The highest BCUT2D eigenvalue weighted by molar-refractivity contribution is 6.35. The van der Waals surface area contributed by atoms with Gasteiger partial charge in [0.25, 0.3) is 0 Å². The standard InChI is InChI=1S/C16H25Cl2NO.ClH/c1-15(2,3)10-16(4,5)19-9-11-7-12(17)8-13(18)14(11)20-6;/h7-8,19H,9-10H2,1-6H3;1H. The van der Waals surface area contributed by atoms with Crippen LogP contribution in [0, 0.1) is 5.41 Å². The molecule has 2 nitrogen and oxygen atoms in total. The second-order valence-electron chi connectivity index (χ2n) is 7.05.